The summed E-state index contributed by atoms with van der Waals surface area (Å²) in [5.74, 6) is -0.394. The maximum Gasteiger partial charge on any atom is 0.294 e. The molecule has 0 amide bonds. The van der Waals surface area contributed by atoms with Crippen LogP contribution in [0.25, 0.3) is 22.8 Å². The summed E-state index contributed by atoms with van der Waals surface area (Å²) in [4.78, 5) is 0. The molecular formula is C17H12N4. The second-order valence-electron chi connectivity index (χ2n) is 5.65. The molecule has 0 radical (unpaired) electrons. The Hall–Kier alpha value is -2.88. The van der Waals surface area contributed by atoms with E-state index in [4.69, 9.17) is 0 Å². The highest BCUT2D eigenvalue weighted by molar-refractivity contribution is 5.67. The summed E-state index contributed by atoms with van der Waals surface area (Å²) in [5.41, 5.74) is 5.00. The zero-order valence-corrected chi connectivity index (χ0v) is 11.2. The van der Waals surface area contributed by atoms with Crippen LogP contribution in [-0.2, 0) is 5.91 Å². The molecular weight excluding hydrogens is 260 g/mol. The van der Waals surface area contributed by atoms with Gasteiger partial charge in [0.05, 0.1) is 22.8 Å². The number of fused-ring (bicyclic) bond motifs is 10. The SMILES string of the molecule is c1cc2n(c1)C1(n3cccc3-2)n2cccc2-c2cccn21. The van der Waals surface area contributed by atoms with E-state index in [1.165, 1.54) is 22.8 Å². The van der Waals surface area contributed by atoms with E-state index in [9.17, 15) is 0 Å². The summed E-state index contributed by atoms with van der Waals surface area (Å²) >= 11 is 0. The minimum atomic E-state index is -0.394. The van der Waals surface area contributed by atoms with Crippen molar-refractivity contribution in [2.24, 2.45) is 0 Å². The minimum Gasteiger partial charge on any atom is -0.286 e. The van der Waals surface area contributed by atoms with Crippen molar-refractivity contribution < 1.29 is 0 Å². The second-order valence-corrected chi connectivity index (χ2v) is 5.65. The van der Waals surface area contributed by atoms with Crippen LogP contribution in [-0.4, -0.2) is 18.3 Å². The summed E-state index contributed by atoms with van der Waals surface area (Å²) < 4.78 is 9.40. The van der Waals surface area contributed by atoms with Gasteiger partial charge in [-0.05, 0) is 48.5 Å². The highest BCUT2D eigenvalue weighted by atomic mass is 15.6. The Morgan fingerprint density at radius 3 is 1.05 bits per heavy atom. The Morgan fingerprint density at radius 2 is 0.762 bits per heavy atom. The van der Waals surface area contributed by atoms with E-state index in [2.05, 4.69) is 91.6 Å². The van der Waals surface area contributed by atoms with Crippen LogP contribution >= 0.6 is 0 Å². The fourth-order valence-corrected chi connectivity index (χ4v) is 4.10. The first-order valence-electron chi connectivity index (χ1n) is 7.14. The molecule has 21 heavy (non-hydrogen) atoms. The Balaban J connectivity index is 1.90. The third-order valence-electron chi connectivity index (χ3n) is 4.81. The van der Waals surface area contributed by atoms with Crippen LogP contribution in [0.15, 0.2) is 73.3 Å². The molecule has 0 bridgehead atoms. The molecule has 2 aliphatic rings. The average molecular weight is 272 g/mol. The molecule has 0 saturated heterocycles. The normalized spacial score (nSPS) is 16.0. The molecule has 4 heteroatoms. The fourth-order valence-electron chi connectivity index (χ4n) is 4.10. The maximum atomic E-state index is 2.35. The minimum absolute atomic E-state index is 0.394. The molecule has 4 nitrogen and oxygen atoms in total. The largest absolute Gasteiger partial charge is 0.294 e. The summed E-state index contributed by atoms with van der Waals surface area (Å²) in [6.07, 6.45) is 8.67. The van der Waals surface area contributed by atoms with E-state index in [0.29, 0.717) is 0 Å². The first kappa shape index (κ1) is 9.94. The van der Waals surface area contributed by atoms with Gasteiger partial charge in [0.25, 0.3) is 5.91 Å². The third kappa shape index (κ3) is 0.819. The lowest BCUT2D eigenvalue weighted by Crippen LogP contribution is -2.47. The second kappa shape index (κ2) is 2.91. The van der Waals surface area contributed by atoms with Crippen molar-refractivity contribution in [3.63, 3.8) is 0 Å². The Bertz CT molecular complexity index is 841. The standard InChI is InChI=1S/C17H12N4/c1-5-13-14-6-2-10-19(14)17(18(13)9-1)20-11-3-7-15(20)16-8-4-12-21(16)17/h1-12H. The molecule has 4 aromatic rings. The van der Waals surface area contributed by atoms with E-state index in [0.717, 1.165) is 0 Å². The average Bonchev–Trinajstić information content (AvgIpc) is 3.26. The Kier molecular flexibility index (Phi) is 1.38. The van der Waals surface area contributed by atoms with Gasteiger partial charge in [-0.3, -0.25) is 18.3 Å². The summed E-state index contributed by atoms with van der Waals surface area (Å²) in [6, 6.07) is 17.2. The number of hydrogen-bond donors (Lipinski definition) is 0. The molecule has 6 heterocycles. The maximum absolute atomic E-state index is 2.35. The van der Waals surface area contributed by atoms with E-state index in [1.807, 2.05) is 0 Å². The zero-order valence-electron chi connectivity index (χ0n) is 11.2. The summed E-state index contributed by atoms with van der Waals surface area (Å²) in [6.45, 7) is 0. The van der Waals surface area contributed by atoms with Gasteiger partial charge in [0.2, 0.25) is 0 Å². The molecule has 0 aromatic carbocycles. The highest BCUT2D eigenvalue weighted by Crippen LogP contribution is 2.47. The molecule has 1 spiro atoms. The van der Waals surface area contributed by atoms with Crippen molar-refractivity contribution in [3.05, 3.63) is 73.3 Å². The van der Waals surface area contributed by atoms with Crippen LogP contribution < -0.4 is 0 Å². The molecule has 2 aliphatic heterocycles. The van der Waals surface area contributed by atoms with Gasteiger partial charge in [-0.1, -0.05) is 0 Å². The number of hydrogen-bond acceptors (Lipinski definition) is 0. The van der Waals surface area contributed by atoms with E-state index in [1.54, 1.807) is 0 Å². The predicted octanol–water partition coefficient (Wildman–Crippen LogP) is 3.07. The van der Waals surface area contributed by atoms with Crippen molar-refractivity contribution in [2.45, 2.75) is 5.91 Å². The first-order chi connectivity index (χ1) is 10.4. The van der Waals surface area contributed by atoms with Crippen molar-refractivity contribution in [2.75, 3.05) is 0 Å². The van der Waals surface area contributed by atoms with E-state index in [-0.39, 0.29) is 0 Å². The quantitative estimate of drug-likeness (QED) is 0.405. The summed E-state index contributed by atoms with van der Waals surface area (Å²) in [7, 11) is 0. The molecule has 0 saturated carbocycles. The monoisotopic (exact) mass is 272 g/mol. The lowest BCUT2D eigenvalue weighted by atomic mass is 10.3. The van der Waals surface area contributed by atoms with Crippen LogP contribution in [0.3, 0.4) is 0 Å². The smallest absolute Gasteiger partial charge is 0.286 e. The van der Waals surface area contributed by atoms with Crippen LogP contribution in [0.5, 0.6) is 0 Å². The third-order valence-corrected chi connectivity index (χ3v) is 4.81. The van der Waals surface area contributed by atoms with Crippen LogP contribution in [0.4, 0.5) is 0 Å². The number of nitrogens with zero attached hydrogens (tertiary/aromatic N) is 4. The molecule has 6 rings (SSSR count). The Morgan fingerprint density at radius 1 is 0.476 bits per heavy atom. The molecule has 0 fully saturated rings. The molecule has 4 aromatic heterocycles. The van der Waals surface area contributed by atoms with Crippen molar-refractivity contribution >= 4 is 0 Å². The number of aromatic nitrogens is 4. The van der Waals surface area contributed by atoms with Crippen LogP contribution in [0.2, 0.25) is 0 Å². The molecule has 0 N–H and O–H groups in total. The predicted molar refractivity (Wildman–Crippen MR) is 79.9 cm³/mol. The van der Waals surface area contributed by atoms with E-state index < -0.39 is 5.91 Å². The van der Waals surface area contributed by atoms with Gasteiger partial charge in [-0.2, -0.15) is 0 Å². The van der Waals surface area contributed by atoms with Gasteiger partial charge in [-0.25, -0.2) is 0 Å². The van der Waals surface area contributed by atoms with Gasteiger partial charge < -0.3 is 0 Å². The van der Waals surface area contributed by atoms with Crippen LogP contribution in [0.1, 0.15) is 0 Å². The van der Waals surface area contributed by atoms with Crippen LogP contribution in [0, 0.1) is 0 Å². The van der Waals surface area contributed by atoms with E-state index >= 15 is 0 Å². The van der Waals surface area contributed by atoms with Gasteiger partial charge in [-0.15, -0.1) is 0 Å². The van der Waals surface area contributed by atoms with Crippen molar-refractivity contribution in [1.29, 1.82) is 0 Å². The van der Waals surface area contributed by atoms with Gasteiger partial charge >= 0.3 is 0 Å². The molecule has 100 valence electrons. The molecule has 0 aliphatic carbocycles. The topological polar surface area (TPSA) is 19.7 Å². The summed E-state index contributed by atoms with van der Waals surface area (Å²) in [5, 5.41) is 0. The van der Waals surface area contributed by atoms with Gasteiger partial charge in [0.15, 0.2) is 0 Å². The molecule has 0 atom stereocenters. The van der Waals surface area contributed by atoms with Crippen molar-refractivity contribution in [1.82, 2.24) is 18.3 Å². The Labute approximate surface area is 121 Å². The van der Waals surface area contributed by atoms with Gasteiger partial charge in [0, 0.05) is 24.8 Å². The van der Waals surface area contributed by atoms with Gasteiger partial charge in [0.1, 0.15) is 0 Å². The zero-order chi connectivity index (χ0) is 13.6. The first-order valence-corrected chi connectivity index (χ1v) is 7.14. The fraction of sp³-hybridized carbons (Fsp3) is 0.0588. The molecule has 0 unspecified atom stereocenters. The number of rotatable bonds is 0. The lowest BCUT2D eigenvalue weighted by Gasteiger charge is -2.33. The highest BCUT2D eigenvalue weighted by Gasteiger charge is 2.50. The van der Waals surface area contributed by atoms with Crippen molar-refractivity contribution in [3.8, 4) is 22.8 Å². The lowest BCUT2D eigenvalue weighted by molar-refractivity contribution is 0.172.